The minimum atomic E-state index is -1.62. The summed E-state index contributed by atoms with van der Waals surface area (Å²) in [5.41, 5.74) is 19.0. The van der Waals surface area contributed by atoms with Gasteiger partial charge in [0.15, 0.2) is 12.0 Å². The summed E-state index contributed by atoms with van der Waals surface area (Å²) in [6.45, 7) is 1.35. The van der Waals surface area contributed by atoms with Crippen molar-refractivity contribution in [1.82, 2.24) is 30.9 Å². The Morgan fingerprint density at radius 1 is 1.00 bits per heavy atom. The Bertz CT molecular complexity index is 1420. The highest BCUT2D eigenvalue weighted by Crippen LogP contribution is 2.19. The summed E-state index contributed by atoms with van der Waals surface area (Å²) in [7, 11) is 0. The maximum atomic E-state index is 13.7. The quantitative estimate of drug-likeness (QED) is 0.0490. The molecule has 16 heteroatoms. The molecule has 0 aliphatic carbocycles. The standard InChI is InChI=1S/C27H38N10O6/c1-14(38)22(26(42)43)37-24(40)20(7-4-8-32-27(29)30)35-25(41)21(9-15-11-33-19-6-3-2-5-17(15)19)36-23(39)18(28)10-16-12-31-13-34-16/h2-3,5-6,11-14,18,20-22,33,38H,4,7-10,28H2,1H3,(H,31,34)(H,35,41)(H,36,39)(H,37,40)(H,42,43)(H4,29,30,32). The first-order valence-corrected chi connectivity index (χ1v) is 13.6. The van der Waals surface area contributed by atoms with E-state index in [1.807, 2.05) is 24.3 Å². The molecule has 5 unspecified atom stereocenters. The molecule has 232 valence electrons. The Morgan fingerprint density at radius 3 is 2.35 bits per heavy atom. The predicted octanol–water partition coefficient (Wildman–Crippen LogP) is -2.02. The number of para-hydroxylation sites is 1. The summed E-state index contributed by atoms with van der Waals surface area (Å²) in [6, 6.07) is 2.38. The third-order valence-electron chi connectivity index (χ3n) is 6.69. The SMILES string of the molecule is CC(O)C(NC(=O)C(CCCN=C(N)N)NC(=O)C(Cc1c[nH]c2ccccc12)NC(=O)C(N)Cc1cnc[nH]1)C(=O)O. The van der Waals surface area contributed by atoms with Crippen molar-refractivity contribution in [2.75, 3.05) is 6.54 Å². The van der Waals surface area contributed by atoms with Gasteiger partial charge in [0.25, 0.3) is 0 Å². The Labute approximate surface area is 246 Å². The summed E-state index contributed by atoms with van der Waals surface area (Å²) in [5, 5.41) is 27.7. The highest BCUT2D eigenvalue weighted by Gasteiger charge is 2.32. The van der Waals surface area contributed by atoms with Gasteiger partial charge in [0, 0.05) is 48.4 Å². The number of nitrogens with two attached hydrogens (primary N) is 3. The van der Waals surface area contributed by atoms with Crippen LogP contribution in [-0.4, -0.2) is 91.6 Å². The number of carboxylic acids is 1. The van der Waals surface area contributed by atoms with Crippen LogP contribution in [0.5, 0.6) is 0 Å². The molecule has 0 spiro atoms. The number of carboxylic acid groups (broad SMARTS) is 1. The number of carbonyl (C=O) groups excluding carboxylic acids is 3. The van der Waals surface area contributed by atoms with E-state index in [0.717, 1.165) is 16.5 Å². The normalized spacial score (nSPS) is 14.6. The molecule has 43 heavy (non-hydrogen) atoms. The van der Waals surface area contributed by atoms with Gasteiger partial charge in [0.05, 0.1) is 18.5 Å². The van der Waals surface area contributed by atoms with Gasteiger partial charge >= 0.3 is 5.97 Å². The molecular formula is C27H38N10O6. The van der Waals surface area contributed by atoms with Crippen LogP contribution in [0.3, 0.4) is 0 Å². The van der Waals surface area contributed by atoms with Crippen LogP contribution < -0.4 is 33.2 Å². The van der Waals surface area contributed by atoms with E-state index < -0.39 is 54.0 Å². The lowest BCUT2D eigenvalue weighted by molar-refractivity contribution is -0.145. The van der Waals surface area contributed by atoms with Crippen LogP contribution in [0.1, 0.15) is 31.0 Å². The second-order valence-corrected chi connectivity index (χ2v) is 10.1. The molecule has 16 nitrogen and oxygen atoms in total. The average Bonchev–Trinajstić information content (AvgIpc) is 3.62. The Morgan fingerprint density at radius 2 is 1.70 bits per heavy atom. The number of hydrogen-bond acceptors (Lipinski definition) is 8. The van der Waals surface area contributed by atoms with Crippen molar-refractivity contribution in [3.63, 3.8) is 0 Å². The number of aromatic amines is 2. The number of rotatable bonds is 16. The van der Waals surface area contributed by atoms with Gasteiger partial charge in [0.1, 0.15) is 12.1 Å². The van der Waals surface area contributed by atoms with Crippen molar-refractivity contribution in [3.05, 3.63) is 54.2 Å². The lowest BCUT2D eigenvalue weighted by Gasteiger charge is -2.26. The Hall–Kier alpha value is -4.96. The number of H-pyrrole nitrogens is 2. The van der Waals surface area contributed by atoms with Crippen LogP contribution in [0.2, 0.25) is 0 Å². The van der Waals surface area contributed by atoms with E-state index in [2.05, 4.69) is 35.9 Å². The molecule has 3 aromatic rings. The molecule has 1 aromatic carbocycles. The van der Waals surface area contributed by atoms with Crippen LogP contribution in [0.15, 0.2) is 48.0 Å². The van der Waals surface area contributed by atoms with Gasteiger partial charge in [-0.25, -0.2) is 9.78 Å². The summed E-state index contributed by atoms with van der Waals surface area (Å²) in [6.07, 6.45) is 3.76. The number of aromatic nitrogens is 3. The zero-order valence-corrected chi connectivity index (χ0v) is 23.6. The van der Waals surface area contributed by atoms with Gasteiger partial charge in [0.2, 0.25) is 17.7 Å². The van der Waals surface area contributed by atoms with Gasteiger partial charge in [-0.3, -0.25) is 19.4 Å². The van der Waals surface area contributed by atoms with E-state index in [0.29, 0.717) is 5.69 Å². The molecule has 3 rings (SSSR count). The number of carbonyl (C=O) groups is 4. The maximum absolute atomic E-state index is 13.7. The third-order valence-corrected chi connectivity index (χ3v) is 6.69. The Kier molecular flexibility index (Phi) is 11.6. The fourth-order valence-electron chi connectivity index (χ4n) is 4.42. The number of hydrogen-bond donors (Lipinski definition) is 10. The van der Waals surface area contributed by atoms with Crippen molar-refractivity contribution in [1.29, 1.82) is 0 Å². The Balaban J connectivity index is 1.84. The van der Waals surface area contributed by atoms with E-state index in [9.17, 15) is 29.4 Å². The van der Waals surface area contributed by atoms with Gasteiger partial charge < -0.3 is 53.3 Å². The number of nitrogens with zero attached hydrogens (tertiary/aromatic N) is 2. The van der Waals surface area contributed by atoms with Crippen molar-refractivity contribution >= 4 is 40.6 Å². The lowest BCUT2D eigenvalue weighted by Crippen LogP contribution is -2.58. The van der Waals surface area contributed by atoms with E-state index in [-0.39, 0.29) is 38.2 Å². The topological polar surface area (TPSA) is 280 Å². The molecule has 0 aliphatic rings. The summed E-state index contributed by atoms with van der Waals surface area (Å²) >= 11 is 0. The molecule has 0 bridgehead atoms. The fraction of sp³-hybridized carbons (Fsp3) is 0.407. The summed E-state index contributed by atoms with van der Waals surface area (Å²) in [5.74, 6) is -3.77. The monoisotopic (exact) mass is 598 g/mol. The van der Waals surface area contributed by atoms with Crippen molar-refractivity contribution in [3.8, 4) is 0 Å². The lowest BCUT2D eigenvalue weighted by atomic mass is 10.0. The third kappa shape index (κ3) is 9.54. The number of aliphatic hydroxyl groups excluding tert-OH is 1. The highest BCUT2D eigenvalue weighted by atomic mass is 16.4. The largest absolute Gasteiger partial charge is 0.480 e. The zero-order valence-electron chi connectivity index (χ0n) is 23.6. The number of aliphatic imine (C=N–C) groups is 1. The highest BCUT2D eigenvalue weighted by molar-refractivity contribution is 5.95. The second-order valence-electron chi connectivity index (χ2n) is 10.1. The van der Waals surface area contributed by atoms with Crippen molar-refractivity contribution in [2.45, 2.75) is 62.9 Å². The molecule has 5 atom stereocenters. The summed E-state index contributed by atoms with van der Waals surface area (Å²) in [4.78, 5) is 65.3. The smallest absolute Gasteiger partial charge is 0.328 e. The number of amides is 3. The first-order valence-electron chi connectivity index (χ1n) is 13.6. The zero-order chi connectivity index (χ0) is 31.5. The van der Waals surface area contributed by atoms with Crippen LogP contribution in [-0.2, 0) is 32.0 Å². The number of guanidine groups is 1. The molecule has 0 fully saturated rings. The minimum Gasteiger partial charge on any atom is -0.480 e. The first kappa shape index (κ1) is 32.6. The number of aliphatic hydroxyl groups is 1. The predicted molar refractivity (Wildman–Crippen MR) is 157 cm³/mol. The van der Waals surface area contributed by atoms with Gasteiger partial charge in [-0.15, -0.1) is 0 Å². The average molecular weight is 599 g/mol. The minimum absolute atomic E-state index is 0.0214. The molecular weight excluding hydrogens is 560 g/mol. The van der Waals surface area contributed by atoms with E-state index in [1.54, 1.807) is 6.20 Å². The number of fused-ring (bicyclic) bond motifs is 1. The van der Waals surface area contributed by atoms with Crippen molar-refractivity contribution < 1.29 is 29.4 Å². The first-order chi connectivity index (χ1) is 20.5. The molecule has 2 heterocycles. The number of benzene rings is 1. The van der Waals surface area contributed by atoms with E-state index in [1.165, 1.54) is 19.4 Å². The molecule has 13 N–H and O–H groups in total. The van der Waals surface area contributed by atoms with Gasteiger partial charge in [-0.05, 0) is 31.4 Å². The van der Waals surface area contributed by atoms with Crippen LogP contribution in [0, 0.1) is 0 Å². The second kappa shape index (κ2) is 15.3. The molecule has 0 saturated carbocycles. The molecule has 2 aromatic heterocycles. The van der Waals surface area contributed by atoms with Gasteiger partial charge in [-0.2, -0.15) is 0 Å². The summed E-state index contributed by atoms with van der Waals surface area (Å²) < 4.78 is 0. The number of nitrogens with one attached hydrogen (secondary N) is 5. The molecule has 3 amide bonds. The van der Waals surface area contributed by atoms with Crippen LogP contribution in [0.25, 0.3) is 10.9 Å². The maximum Gasteiger partial charge on any atom is 0.328 e. The van der Waals surface area contributed by atoms with E-state index >= 15 is 0 Å². The molecule has 0 aliphatic heterocycles. The van der Waals surface area contributed by atoms with E-state index in [4.69, 9.17) is 17.2 Å². The fourth-order valence-corrected chi connectivity index (χ4v) is 4.42. The van der Waals surface area contributed by atoms with Gasteiger partial charge in [-0.1, -0.05) is 18.2 Å². The number of aliphatic carboxylic acids is 1. The van der Waals surface area contributed by atoms with Crippen LogP contribution in [0.4, 0.5) is 0 Å². The van der Waals surface area contributed by atoms with Crippen molar-refractivity contribution in [2.24, 2.45) is 22.2 Å². The van der Waals surface area contributed by atoms with Crippen LogP contribution >= 0.6 is 0 Å². The molecule has 0 saturated heterocycles. The molecule has 0 radical (unpaired) electrons. The number of imidazole rings is 1.